The van der Waals surface area contributed by atoms with Crippen LogP contribution in [0.25, 0.3) is 11.1 Å². The van der Waals surface area contributed by atoms with Gasteiger partial charge in [-0.2, -0.15) is 0 Å². The lowest BCUT2D eigenvalue weighted by atomic mass is 10.0. The fourth-order valence-corrected chi connectivity index (χ4v) is 3.52. The molecule has 30 heavy (non-hydrogen) atoms. The van der Waals surface area contributed by atoms with Crippen molar-refractivity contribution in [2.75, 3.05) is 19.1 Å². The number of aryl methyl sites for hydroxylation is 2. The van der Waals surface area contributed by atoms with Gasteiger partial charge in [-0.25, -0.2) is 4.79 Å². The molecular formula is C24H26N2O4. The van der Waals surface area contributed by atoms with E-state index in [1.54, 1.807) is 20.4 Å². The van der Waals surface area contributed by atoms with Crippen molar-refractivity contribution in [1.82, 2.24) is 4.98 Å². The van der Waals surface area contributed by atoms with Gasteiger partial charge in [-0.05, 0) is 61.7 Å². The monoisotopic (exact) mass is 406 g/mol. The van der Waals surface area contributed by atoms with Gasteiger partial charge in [0.15, 0.2) is 0 Å². The summed E-state index contributed by atoms with van der Waals surface area (Å²) in [6, 6.07) is 13.5. The average Bonchev–Trinajstić information content (AvgIpc) is 2.73. The van der Waals surface area contributed by atoms with Gasteiger partial charge in [0.25, 0.3) is 0 Å². The highest BCUT2D eigenvalue weighted by atomic mass is 16.5. The minimum atomic E-state index is -1.04. The lowest BCUT2D eigenvalue weighted by Gasteiger charge is -2.22. The summed E-state index contributed by atoms with van der Waals surface area (Å²) >= 11 is 0. The standard InChI is InChI=1S/C24H26N2O4/c1-15-10-19(18-6-8-21(29-4)9-7-18)12-20(11-15)26(24(27)28)14-22-17(3)23(30-5)16(2)13-25-22/h6-13H,14H2,1-5H3,(H,27,28). The molecule has 156 valence electrons. The molecule has 0 saturated heterocycles. The van der Waals surface area contributed by atoms with E-state index in [1.807, 2.05) is 63.2 Å². The van der Waals surface area contributed by atoms with E-state index in [0.717, 1.165) is 39.3 Å². The second-order valence-corrected chi connectivity index (χ2v) is 7.20. The molecule has 0 saturated carbocycles. The van der Waals surface area contributed by atoms with Crippen molar-refractivity contribution in [3.8, 4) is 22.6 Å². The number of pyridine rings is 1. The zero-order chi connectivity index (χ0) is 21.8. The third-order valence-electron chi connectivity index (χ3n) is 5.09. The molecule has 1 heterocycles. The van der Waals surface area contributed by atoms with Crippen molar-refractivity contribution in [2.45, 2.75) is 27.3 Å². The molecule has 6 nitrogen and oxygen atoms in total. The van der Waals surface area contributed by atoms with Gasteiger partial charge in [0, 0.05) is 23.0 Å². The number of hydrogen-bond donors (Lipinski definition) is 1. The number of rotatable bonds is 6. The Hall–Kier alpha value is -3.54. The summed E-state index contributed by atoms with van der Waals surface area (Å²) in [5.74, 6) is 1.50. The van der Waals surface area contributed by atoms with E-state index in [0.29, 0.717) is 11.4 Å². The number of carboxylic acid groups (broad SMARTS) is 1. The Bertz CT molecular complexity index is 1060. The Balaban J connectivity index is 2.01. The summed E-state index contributed by atoms with van der Waals surface area (Å²) in [4.78, 5) is 17.9. The number of hydrogen-bond acceptors (Lipinski definition) is 4. The number of methoxy groups -OCH3 is 2. The second-order valence-electron chi connectivity index (χ2n) is 7.20. The predicted molar refractivity (Wildman–Crippen MR) is 118 cm³/mol. The Morgan fingerprint density at radius 2 is 1.70 bits per heavy atom. The van der Waals surface area contributed by atoms with Crippen LogP contribution in [0.4, 0.5) is 10.5 Å². The molecule has 6 heteroatoms. The molecular weight excluding hydrogens is 380 g/mol. The molecule has 0 atom stereocenters. The summed E-state index contributed by atoms with van der Waals surface area (Å²) in [7, 11) is 3.23. The first-order valence-corrected chi connectivity index (χ1v) is 9.59. The molecule has 0 spiro atoms. The second kappa shape index (κ2) is 8.86. The highest BCUT2D eigenvalue weighted by Crippen LogP contribution is 2.30. The van der Waals surface area contributed by atoms with Gasteiger partial charge < -0.3 is 14.6 Å². The lowest BCUT2D eigenvalue weighted by Crippen LogP contribution is -2.29. The van der Waals surface area contributed by atoms with Gasteiger partial charge in [0.2, 0.25) is 0 Å². The van der Waals surface area contributed by atoms with Crippen LogP contribution in [0.1, 0.15) is 22.4 Å². The van der Waals surface area contributed by atoms with Crippen LogP contribution in [0.5, 0.6) is 11.5 Å². The summed E-state index contributed by atoms with van der Waals surface area (Å²) in [5, 5.41) is 9.93. The van der Waals surface area contributed by atoms with E-state index in [-0.39, 0.29) is 6.54 Å². The molecule has 0 aliphatic rings. The van der Waals surface area contributed by atoms with Crippen LogP contribution in [-0.4, -0.2) is 30.4 Å². The fraction of sp³-hybridized carbons (Fsp3) is 0.250. The largest absolute Gasteiger partial charge is 0.497 e. The Kier molecular flexibility index (Phi) is 6.26. The highest BCUT2D eigenvalue weighted by Gasteiger charge is 2.20. The minimum Gasteiger partial charge on any atom is -0.497 e. The molecule has 2 aromatic carbocycles. The van der Waals surface area contributed by atoms with Crippen LogP contribution in [0.2, 0.25) is 0 Å². The molecule has 0 radical (unpaired) electrons. The van der Waals surface area contributed by atoms with E-state index in [2.05, 4.69) is 4.98 Å². The first-order valence-electron chi connectivity index (χ1n) is 9.59. The number of ether oxygens (including phenoxy) is 2. The van der Waals surface area contributed by atoms with Gasteiger partial charge in [0.05, 0.1) is 26.5 Å². The molecule has 0 aliphatic heterocycles. The first kappa shape index (κ1) is 21.2. The van der Waals surface area contributed by atoms with Crippen LogP contribution >= 0.6 is 0 Å². The zero-order valence-corrected chi connectivity index (χ0v) is 17.9. The highest BCUT2D eigenvalue weighted by molar-refractivity contribution is 5.87. The number of anilines is 1. The quantitative estimate of drug-likeness (QED) is 0.595. The molecule has 0 aliphatic carbocycles. The summed E-state index contributed by atoms with van der Waals surface area (Å²) < 4.78 is 10.7. The molecule has 3 aromatic rings. The molecule has 0 fully saturated rings. The molecule has 1 N–H and O–H groups in total. The van der Waals surface area contributed by atoms with Crippen molar-refractivity contribution >= 4 is 11.8 Å². The maximum Gasteiger partial charge on any atom is 0.412 e. The number of benzene rings is 2. The van der Waals surface area contributed by atoms with Crippen molar-refractivity contribution in [3.05, 3.63) is 71.0 Å². The molecule has 3 rings (SSSR count). The number of nitrogens with zero attached hydrogens (tertiary/aromatic N) is 2. The molecule has 0 bridgehead atoms. The van der Waals surface area contributed by atoms with Crippen molar-refractivity contribution in [2.24, 2.45) is 0 Å². The van der Waals surface area contributed by atoms with Crippen molar-refractivity contribution < 1.29 is 19.4 Å². The predicted octanol–water partition coefficient (Wildman–Crippen LogP) is 5.38. The third kappa shape index (κ3) is 4.38. The summed E-state index contributed by atoms with van der Waals surface area (Å²) in [6.45, 7) is 5.89. The minimum absolute atomic E-state index is 0.128. The summed E-state index contributed by atoms with van der Waals surface area (Å²) in [6.07, 6.45) is 0.669. The average molecular weight is 406 g/mol. The van der Waals surface area contributed by atoms with E-state index in [1.165, 1.54) is 4.90 Å². The Labute approximate surface area is 176 Å². The van der Waals surface area contributed by atoms with Crippen LogP contribution < -0.4 is 14.4 Å². The van der Waals surface area contributed by atoms with Gasteiger partial charge >= 0.3 is 6.09 Å². The van der Waals surface area contributed by atoms with E-state index in [4.69, 9.17) is 9.47 Å². The van der Waals surface area contributed by atoms with E-state index in [9.17, 15) is 9.90 Å². The lowest BCUT2D eigenvalue weighted by molar-refractivity contribution is 0.201. The van der Waals surface area contributed by atoms with Gasteiger partial charge in [-0.1, -0.05) is 18.2 Å². The number of carbonyl (C=O) groups is 1. The number of amides is 1. The third-order valence-corrected chi connectivity index (χ3v) is 5.09. The van der Waals surface area contributed by atoms with Crippen molar-refractivity contribution in [1.29, 1.82) is 0 Å². The maximum atomic E-state index is 12.1. The SMILES string of the molecule is COc1ccc(-c2cc(C)cc(N(Cc3ncc(C)c(OC)c3C)C(=O)O)c2)cc1. The topological polar surface area (TPSA) is 71.9 Å². The van der Waals surface area contributed by atoms with Crippen LogP contribution in [-0.2, 0) is 6.54 Å². The smallest absolute Gasteiger partial charge is 0.412 e. The normalized spacial score (nSPS) is 10.6. The van der Waals surface area contributed by atoms with Crippen LogP contribution in [0.15, 0.2) is 48.7 Å². The van der Waals surface area contributed by atoms with Crippen LogP contribution in [0.3, 0.4) is 0 Å². The molecule has 1 aromatic heterocycles. The Morgan fingerprint density at radius 3 is 2.30 bits per heavy atom. The van der Waals surface area contributed by atoms with E-state index >= 15 is 0 Å². The van der Waals surface area contributed by atoms with Gasteiger partial charge in [-0.3, -0.25) is 9.88 Å². The first-order chi connectivity index (χ1) is 14.3. The van der Waals surface area contributed by atoms with Crippen molar-refractivity contribution in [3.63, 3.8) is 0 Å². The van der Waals surface area contributed by atoms with Gasteiger partial charge in [-0.15, -0.1) is 0 Å². The van der Waals surface area contributed by atoms with E-state index < -0.39 is 6.09 Å². The van der Waals surface area contributed by atoms with Gasteiger partial charge in [0.1, 0.15) is 11.5 Å². The molecule has 1 amide bonds. The maximum absolute atomic E-state index is 12.1. The Morgan fingerprint density at radius 1 is 1.00 bits per heavy atom. The molecule has 0 unspecified atom stereocenters. The van der Waals surface area contributed by atoms with Crippen LogP contribution in [0, 0.1) is 20.8 Å². The number of aromatic nitrogens is 1. The summed E-state index contributed by atoms with van der Waals surface area (Å²) in [5.41, 5.74) is 5.89. The fourth-order valence-electron chi connectivity index (χ4n) is 3.52. The zero-order valence-electron chi connectivity index (χ0n) is 17.9.